The van der Waals surface area contributed by atoms with Gasteiger partial charge in [0.25, 0.3) is 0 Å². The molecule has 0 saturated carbocycles. The molecule has 0 aromatic carbocycles. The lowest BCUT2D eigenvalue weighted by Gasteiger charge is -2.17. The standard InChI is InChI=1S/C12H19FN4O2S/c1-3-4-9-7-17(8-11(9)16-20(2,18)19)12-14-5-10(13)6-15-12/h5-6,9,11,16H,3-4,7-8H2,1-2H3/t9-,11-/m1/s1. The first-order valence-corrected chi connectivity index (χ1v) is 8.48. The summed E-state index contributed by atoms with van der Waals surface area (Å²) in [5.41, 5.74) is 0. The molecule has 112 valence electrons. The van der Waals surface area contributed by atoms with E-state index in [0.717, 1.165) is 31.5 Å². The molecule has 0 radical (unpaired) electrons. The zero-order valence-corrected chi connectivity index (χ0v) is 12.4. The Labute approximate surface area is 118 Å². The topological polar surface area (TPSA) is 75.2 Å². The Bertz CT molecular complexity index is 549. The zero-order valence-electron chi connectivity index (χ0n) is 11.6. The van der Waals surface area contributed by atoms with Gasteiger partial charge in [-0.2, -0.15) is 0 Å². The molecule has 1 fully saturated rings. The second kappa shape index (κ2) is 6.01. The van der Waals surface area contributed by atoms with Crippen molar-refractivity contribution in [1.29, 1.82) is 0 Å². The molecule has 1 aromatic heterocycles. The Morgan fingerprint density at radius 1 is 1.40 bits per heavy atom. The molecule has 2 atom stereocenters. The van der Waals surface area contributed by atoms with Crippen molar-refractivity contribution < 1.29 is 12.8 Å². The van der Waals surface area contributed by atoms with E-state index in [1.165, 1.54) is 0 Å². The van der Waals surface area contributed by atoms with E-state index in [2.05, 4.69) is 21.6 Å². The van der Waals surface area contributed by atoms with E-state index in [1.807, 2.05) is 4.90 Å². The highest BCUT2D eigenvalue weighted by atomic mass is 32.2. The number of nitrogens with one attached hydrogen (secondary N) is 1. The fourth-order valence-corrected chi connectivity index (χ4v) is 3.39. The average Bonchev–Trinajstić information content (AvgIpc) is 2.71. The van der Waals surface area contributed by atoms with Crippen LogP contribution in [0.1, 0.15) is 19.8 Å². The average molecular weight is 302 g/mol. The van der Waals surface area contributed by atoms with Crippen LogP contribution in [-0.2, 0) is 10.0 Å². The Morgan fingerprint density at radius 2 is 2.05 bits per heavy atom. The molecule has 1 aliphatic rings. The maximum atomic E-state index is 12.8. The van der Waals surface area contributed by atoms with Gasteiger partial charge in [-0.1, -0.05) is 13.3 Å². The number of rotatable bonds is 5. The molecule has 0 unspecified atom stereocenters. The van der Waals surface area contributed by atoms with Gasteiger partial charge in [0, 0.05) is 19.1 Å². The predicted octanol–water partition coefficient (Wildman–Crippen LogP) is 0.770. The molecule has 1 N–H and O–H groups in total. The number of aromatic nitrogens is 2. The third-order valence-corrected chi connectivity index (χ3v) is 4.09. The van der Waals surface area contributed by atoms with E-state index in [0.29, 0.717) is 19.0 Å². The summed E-state index contributed by atoms with van der Waals surface area (Å²) in [4.78, 5) is 9.79. The van der Waals surface area contributed by atoms with E-state index in [4.69, 9.17) is 0 Å². The van der Waals surface area contributed by atoms with Gasteiger partial charge in [0.1, 0.15) is 0 Å². The molecular formula is C12H19FN4O2S. The molecular weight excluding hydrogens is 283 g/mol. The van der Waals surface area contributed by atoms with Crippen LogP contribution in [0.4, 0.5) is 10.3 Å². The molecule has 8 heteroatoms. The summed E-state index contributed by atoms with van der Waals surface area (Å²) in [6.07, 6.45) is 5.30. The van der Waals surface area contributed by atoms with Crippen molar-refractivity contribution in [3.8, 4) is 0 Å². The van der Waals surface area contributed by atoms with Crippen molar-refractivity contribution in [2.45, 2.75) is 25.8 Å². The highest BCUT2D eigenvalue weighted by Gasteiger charge is 2.34. The highest BCUT2D eigenvalue weighted by molar-refractivity contribution is 7.88. The van der Waals surface area contributed by atoms with Gasteiger partial charge in [-0.15, -0.1) is 0 Å². The first-order chi connectivity index (χ1) is 9.39. The number of hydrogen-bond acceptors (Lipinski definition) is 5. The smallest absolute Gasteiger partial charge is 0.225 e. The molecule has 1 aromatic rings. The molecule has 0 aliphatic carbocycles. The van der Waals surface area contributed by atoms with Crippen LogP contribution in [0.15, 0.2) is 12.4 Å². The minimum Gasteiger partial charge on any atom is -0.339 e. The van der Waals surface area contributed by atoms with Gasteiger partial charge in [0.05, 0.1) is 18.6 Å². The highest BCUT2D eigenvalue weighted by Crippen LogP contribution is 2.25. The first-order valence-electron chi connectivity index (χ1n) is 6.59. The molecule has 0 amide bonds. The van der Waals surface area contributed by atoms with Gasteiger partial charge in [-0.05, 0) is 12.3 Å². The summed E-state index contributed by atoms with van der Waals surface area (Å²) in [7, 11) is -3.25. The molecule has 1 saturated heterocycles. The summed E-state index contributed by atoms with van der Waals surface area (Å²) in [5, 5.41) is 0. The fraction of sp³-hybridized carbons (Fsp3) is 0.667. The number of anilines is 1. The molecule has 20 heavy (non-hydrogen) atoms. The van der Waals surface area contributed by atoms with E-state index >= 15 is 0 Å². The predicted molar refractivity (Wildman–Crippen MR) is 74.4 cm³/mol. The van der Waals surface area contributed by atoms with Crippen LogP contribution in [0.25, 0.3) is 0 Å². The lowest BCUT2D eigenvalue weighted by Crippen LogP contribution is -2.40. The Balaban J connectivity index is 2.12. The Morgan fingerprint density at radius 3 is 2.60 bits per heavy atom. The lowest BCUT2D eigenvalue weighted by molar-refractivity contribution is 0.442. The van der Waals surface area contributed by atoms with E-state index in [1.54, 1.807) is 0 Å². The number of nitrogens with zero attached hydrogens (tertiary/aromatic N) is 3. The summed E-state index contributed by atoms with van der Waals surface area (Å²) < 4.78 is 38.3. The maximum absolute atomic E-state index is 12.8. The van der Waals surface area contributed by atoms with Crippen molar-refractivity contribution in [1.82, 2.24) is 14.7 Å². The molecule has 0 bridgehead atoms. The molecule has 0 spiro atoms. The van der Waals surface area contributed by atoms with E-state index in [9.17, 15) is 12.8 Å². The molecule has 6 nitrogen and oxygen atoms in total. The van der Waals surface area contributed by atoms with Crippen LogP contribution in [-0.4, -0.2) is 43.8 Å². The minimum absolute atomic E-state index is 0.154. The monoisotopic (exact) mass is 302 g/mol. The number of sulfonamides is 1. The first kappa shape index (κ1) is 15.1. The summed E-state index contributed by atoms with van der Waals surface area (Å²) in [5.74, 6) is 0.164. The molecule has 2 heterocycles. The van der Waals surface area contributed by atoms with Crippen molar-refractivity contribution in [2.75, 3.05) is 24.2 Å². The van der Waals surface area contributed by atoms with E-state index in [-0.39, 0.29) is 12.0 Å². The summed E-state index contributed by atoms with van der Waals surface area (Å²) in [6.45, 7) is 3.24. The van der Waals surface area contributed by atoms with Crippen molar-refractivity contribution >= 4 is 16.0 Å². The maximum Gasteiger partial charge on any atom is 0.225 e. The Hall–Kier alpha value is -1.28. The second-order valence-electron chi connectivity index (χ2n) is 5.15. The van der Waals surface area contributed by atoms with Gasteiger partial charge in [-0.3, -0.25) is 0 Å². The summed E-state index contributed by atoms with van der Waals surface area (Å²) in [6, 6.07) is -0.154. The SMILES string of the molecule is CCC[C@@H]1CN(c2ncc(F)cn2)C[C@H]1NS(C)(=O)=O. The number of hydrogen-bond donors (Lipinski definition) is 1. The van der Waals surface area contributed by atoms with Gasteiger partial charge < -0.3 is 4.90 Å². The summed E-state index contributed by atoms with van der Waals surface area (Å²) >= 11 is 0. The van der Waals surface area contributed by atoms with Crippen molar-refractivity contribution in [3.63, 3.8) is 0 Å². The Kier molecular flexibility index (Phi) is 4.54. The quantitative estimate of drug-likeness (QED) is 0.869. The van der Waals surface area contributed by atoms with Crippen LogP contribution < -0.4 is 9.62 Å². The fourth-order valence-electron chi connectivity index (χ4n) is 2.58. The normalized spacial score (nSPS) is 23.2. The second-order valence-corrected chi connectivity index (χ2v) is 6.93. The minimum atomic E-state index is -3.25. The van der Waals surface area contributed by atoms with Crippen LogP contribution in [0.5, 0.6) is 0 Å². The molecule has 2 rings (SSSR count). The molecule has 1 aliphatic heterocycles. The van der Waals surface area contributed by atoms with Gasteiger partial charge in [0.15, 0.2) is 5.82 Å². The van der Waals surface area contributed by atoms with Crippen LogP contribution >= 0.6 is 0 Å². The number of halogens is 1. The third kappa shape index (κ3) is 3.86. The van der Waals surface area contributed by atoms with Gasteiger partial charge >= 0.3 is 0 Å². The van der Waals surface area contributed by atoms with Gasteiger partial charge in [-0.25, -0.2) is 27.5 Å². The van der Waals surface area contributed by atoms with E-state index < -0.39 is 15.8 Å². The lowest BCUT2D eigenvalue weighted by atomic mass is 9.99. The largest absolute Gasteiger partial charge is 0.339 e. The van der Waals surface area contributed by atoms with Gasteiger partial charge in [0.2, 0.25) is 16.0 Å². The third-order valence-electron chi connectivity index (χ3n) is 3.36. The zero-order chi connectivity index (χ0) is 14.8. The van der Waals surface area contributed by atoms with Crippen LogP contribution in [0.2, 0.25) is 0 Å². The van der Waals surface area contributed by atoms with Crippen molar-refractivity contribution in [3.05, 3.63) is 18.2 Å². The van der Waals surface area contributed by atoms with Crippen LogP contribution in [0, 0.1) is 11.7 Å². The van der Waals surface area contributed by atoms with Crippen LogP contribution in [0.3, 0.4) is 0 Å². The van der Waals surface area contributed by atoms with Crippen molar-refractivity contribution in [2.24, 2.45) is 5.92 Å².